The molecule has 0 saturated carbocycles. The van der Waals surface area contributed by atoms with Crippen LogP contribution in [0.25, 0.3) is 0 Å². The van der Waals surface area contributed by atoms with Crippen molar-refractivity contribution in [3.8, 4) is 6.07 Å². The Morgan fingerprint density at radius 2 is 2.16 bits per heavy atom. The van der Waals surface area contributed by atoms with E-state index in [9.17, 15) is 4.79 Å². The number of nitriles is 1. The van der Waals surface area contributed by atoms with Crippen LogP contribution in [0.1, 0.15) is 11.1 Å². The van der Waals surface area contributed by atoms with Crippen molar-refractivity contribution in [3.63, 3.8) is 0 Å². The Kier molecular flexibility index (Phi) is 3.14. The minimum absolute atomic E-state index is 0.193. The number of rotatable bonds is 2. The van der Waals surface area contributed by atoms with Gasteiger partial charge in [-0.05, 0) is 30.2 Å². The highest BCUT2D eigenvalue weighted by Gasteiger charge is 2.22. The van der Waals surface area contributed by atoms with Gasteiger partial charge < -0.3 is 4.57 Å². The summed E-state index contributed by atoms with van der Waals surface area (Å²) < 4.78 is 1.64. The standard InChI is InChI=1S/C15H12N2OS/c16-9-12-5-3-7-17(15(12)18)10-13-8-11-4-1-2-6-14(11)19-13/h1-7,13H,8,10H2. The van der Waals surface area contributed by atoms with Crippen LogP contribution in [-0.2, 0) is 13.0 Å². The van der Waals surface area contributed by atoms with E-state index in [4.69, 9.17) is 5.26 Å². The third-order valence-electron chi connectivity index (χ3n) is 3.25. The largest absolute Gasteiger partial charge is 0.313 e. The van der Waals surface area contributed by atoms with E-state index < -0.39 is 0 Å². The number of benzene rings is 1. The molecule has 3 nitrogen and oxygen atoms in total. The Hall–Kier alpha value is -1.99. The molecular weight excluding hydrogens is 256 g/mol. The van der Waals surface area contributed by atoms with E-state index in [1.807, 2.05) is 30.0 Å². The average molecular weight is 268 g/mol. The van der Waals surface area contributed by atoms with Crippen molar-refractivity contribution in [3.05, 3.63) is 64.1 Å². The van der Waals surface area contributed by atoms with E-state index in [-0.39, 0.29) is 11.1 Å². The normalized spacial score (nSPS) is 16.9. The van der Waals surface area contributed by atoms with Crippen LogP contribution >= 0.6 is 11.8 Å². The molecule has 1 unspecified atom stereocenters. The smallest absolute Gasteiger partial charge is 0.268 e. The monoisotopic (exact) mass is 268 g/mol. The summed E-state index contributed by atoms with van der Waals surface area (Å²) in [7, 11) is 0. The van der Waals surface area contributed by atoms with Gasteiger partial charge in [-0.25, -0.2) is 0 Å². The second-order valence-electron chi connectivity index (χ2n) is 4.54. The molecule has 1 aromatic carbocycles. The molecule has 1 aromatic heterocycles. The van der Waals surface area contributed by atoms with E-state index in [0.717, 1.165) is 6.42 Å². The number of pyridine rings is 1. The molecular formula is C15H12N2OS. The summed E-state index contributed by atoms with van der Waals surface area (Å²) in [5, 5.41) is 9.24. The van der Waals surface area contributed by atoms with Crippen LogP contribution in [0, 0.1) is 11.3 Å². The second kappa shape index (κ2) is 4.94. The van der Waals surface area contributed by atoms with Crippen LogP contribution in [0.4, 0.5) is 0 Å². The number of hydrogen-bond acceptors (Lipinski definition) is 3. The molecule has 1 aliphatic rings. The van der Waals surface area contributed by atoms with Gasteiger partial charge in [0.2, 0.25) is 0 Å². The van der Waals surface area contributed by atoms with Crippen LogP contribution in [0.15, 0.2) is 52.3 Å². The molecule has 0 fully saturated rings. The topological polar surface area (TPSA) is 45.8 Å². The third-order valence-corrected chi connectivity index (χ3v) is 4.56. The summed E-state index contributed by atoms with van der Waals surface area (Å²) in [6, 6.07) is 13.6. The quantitative estimate of drug-likeness (QED) is 0.840. The van der Waals surface area contributed by atoms with E-state index in [2.05, 4.69) is 12.1 Å². The Morgan fingerprint density at radius 1 is 1.32 bits per heavy atom. The Labute approximate surface area is 115 Å². The van der Waals surface area contributed by atoms with E-state index in [1.54, 1.807) is 22.9 Å². The van der Waals surface area contributed by atoms with Gasteiger partial charge in [0.05, 0.1) is 0 Å². The van der Waals surface area contributed by atoms with Crippen molar-refractivity contribution < 1.29 is 0 Å². The SMILES string of the molecule is N#Cc1cccn(CC2Cc3ccccc3S2)c1=O. The lowest BCUT2D eigenvalue weighted by molar-refractivity contribution is 0.640. The fraction of sp³-hybridized carbons (Fsp3) is 0.200. The van der Waals surface area contributed by atoms with Crippen molar-refractivity contribution in [1.82, 2.24) is 4.57 Å². The molecule has 19 heavy (non-hydrogen) atoms. The summed E-state index contributed by atoms with van der Waals surface area (Å²) in [6.45, 7) is 0.647. The van der Waals surface area contributed by atoms with E-state index in [0.29, 0.717) is 11.8 Å². The Balaban J connectivity index is 1.82. The molecule has 4 heteroatoms. The molecule has 0 bridgehead atoms. The zero-order valence-electron chi connectivity index (χ0n) is 10.2. The first-order chi connectivity index (χ1) is 9.28. The van der Waals surface area contributed by atoms with Crippen molar-refractivity contribution in [1.29, 1.82) is 5.26 Å². The minimum Gasteiger partial charge on any atom is -0.313 e. The fourth-order valence-corrected chi connectivity index (χ4v) is 3.66. The third kappa shape index (κ3) is 2.29. The van der Waals surface area contributed by atoms with Gasteiger partial charge in [-0.15, -0.1) is 11.8 Å². The van der Waals surface area contributed by atoms with Gasteiger partial charge in [0.25, 0.3) is 5.56 Å². The molecule has 0 aliphatic carbocycles. The van der Waals surface area contributed by atoms with Gasteiger partial charge >= 0.3 is 0 Å². The zero-order chi connectivity index (χ0) is 13.2. The first kappa shape index (κ1) is 12.1. The summed E-state index contributed by atoms with van der Waals surface area (Å²) in [5.74, 6) is 0. The summed E-state index contributed by atoms with van der Waals surface area (Å²) in [4.78, 5) is 13.3. The average Bonchev–Trinajstić information content (AvgIpc) is 2.83. The minimum atomic E-state index is -0.193. The van der Waals surface area contributed by atoms with Gasteiger partial charge in [-0.3, -0.25) is 4.79 Å². The maximum Gasteiger partial charge on any atom is 0.268 e. The summed E-state index contributed by atoms with van der Waals surface area (Å²) in [5.41, 5.74) is 1.37. The number of fused-ring (bicyclic) bond motifs is 1. The maximum atomic E-state index is 12.0. The number of hydrogen-bond donors (Lipinski definition) is 0. The molecule has 0 N–H and O–H groups in total. The van der Waals surface area contributed by atoms with Gasteiger partial charge in [0, 0.05) is 22.9 Å². The van der Waals surface area contributed by atoms with Gasteiger partial charge in [0.15, 0.2) is 0 Å². The van der Waals surface area contributed by atoms with E-state index in [1.165, 1.54) is 10.5 Å². The lowest BCUT2D eigenvalue weighted by Gasteiger charge is -2.11. The maximum absolute atomic E-state index is 12.0. The van der Waals surface area contributed by atoms with Gasteiger partial charge in [0.1, 0.15) is 11.6 Å². The molecule has 0 spiro atoms. The predicted octanol–water partition coefficient (Wildman–Crippen LogP) is 2.44. The van der Waals surface area contributed by atoms with Crippen LogP contribution in [0.5, 0.6) is 0 Å². The van der Waals surface area contributed by atoms with Gasteiger partial charge in [-0.2, -0.15) is 5.26 Å². The van der Waals surface area contributed by atoms with Crippen molar-refractivity contribution in [2.24, 2.45) is 0 Å². The number of thioether (sulfide) groups is 1. The molecule has 0 saturated heterocycles. The number of aromatic nitrogens is 1. The Bertz CT molecular complexity index is 690. The van der Waals surface area contributed by atoms with Crippen LogP contribution in [0.2, 0.25) is 0 Å². The highest BCUT2D eigenvalue weighted by molar-refractivity contribution is 8.00. The summed E-state index contributed by atoms with van der Waals surface area (Å²) >= 11 is 1.81. The van der Waals surface area contributed by atoms with Crippen molar-refractivity contribution >= 4 is 11.8 Å². The number of nitrogens with zero attached hydrogens (tertiary/aromatic N) is 2. The second-order valence-corrected chi connectivity index (χ2v) is 5.89. The lowest BCUT2D eigenvalue weighted by atomic mass is 10.1. The van der Waals surface area contributed by atoms with Gasteiger partial charge in [-0.1, -0.05) is 18.2 Å². The highest BCUT2D eigenvalue weighted by atomic mass is 32.2. The first-order valence-corrected chi connectivity index (χ1v) is 7.00. The van der Waals surface area contributed by atoms with Crippen molar-refractivity contribution in [2.75, 3.05) is 0 Å². The molecule has 2 aromatic rings. The molecule has 1 atom stereocenters. The molecule has 3 rings (SSSR count). The highest BCUT2D eigenvalue weighted by Crippen LogP contribution is 2.37. The molecule has 94 valence electrons. The van der Waals surface area contributed by atoms with Crippen LogP contribution in [-0.4, -0.2) is 9.82 Å². The molecule has 0 amide bonds. The zero-order valence-corrected chi connectivity index (χ0v) is 11.1. The van der Waals surface area contributed by atoms with E-state index >= 15 is 0 Å². The van der Waals surface area contributed by atoms with Crippen LogP contribution < -0.4 is 5.56 Å². The molecule has 0 radical (unpaired) electrons. The van der Waals surface area contributed by atoms with Crippen molar-refractivity contribution in [2.45, 2.75) is 23.1 Å². The molecule has 2 heterocycles. The Morgan fingerprint density at radius 3 is 2.95 bits per heavy atom. The first-order valence-electron chi connectivity index (χ1n) is 6.12. The van der Waals surface area contributed by atoms with Crippen LogP contribution in [0.3, 0.4) is 0 Å². The lowest BCUT2D eigenvalue weighted by Crippen LogP contribution is -2.26. The molecule has 1 aliphatic heterocycles. The fourth-order valence-electron chi connectivity index (χ4n) is 2.34. The summed E-state index contributed by atoms with van der Waals surface area (Å²) in [6.07, 6.45) is 2.73. The predicted molar refractivity (Wildman–Crippen MR) is 75.2 cm³/mol.